The van der Waals surface area contributed by atoms with Crippen molar-refractivity contribution >= 4 is 17.2 Å². The van der Waals surface area contributed by atoms with Gasteiger partial charge in [0.2, 0.25) is 5.91 Å². The van der Waals surface area contributed by atoms with Crippen LogP contribution in [0.5, 0.6) is 0 Å². The fourth-order valence-corrected chi connectivity index (χ4v) is 4.40. The van der Waals surface area contributed by atoms with Gasteiger partial charge in [0.05, 0.1) is 11.7 Å². The molecular weight excluding hydrogens is 300 g/mol. The predicted molar refractivity (Wildman–Crippen MR) is 95.3 cm³/mol. The van der Waals surface area contributed by atoms with Gasteiger partial charge in [0, 0.05) is 33.1 Å². The molecule has 2 saturated heterocycles. The molecule has 1 spiro atoms. The quantitative estimate of drug-likeness (QED) is 0.809. The van der Waals surface area contributed by atoms with Gasteiger partial charge in [0.15, 0.2) is 0 Å². The molecule has 4 rings (SSSR count). The number of anilines is 1. The normalized spacial score (nSPS) is 20.8. The maximum Gasteiger partial charge on any atom is 0.219 e. The van der Waals surface area contributed by atoms with E-state index in [1.54, 1.807) is 6.92 Å². The predicted octanol–water partition coefficient (Wildman–Crippen LogP) is 2.87. The topological polar surface area (TPSA) is 40.9 Å². The number of fused-ring (bicyclic) bond motifs is 1. The van der Waals surface area contributed by atoms with Crippen molar-refractivity contribution in [3.63, 3.8) is 0 Å². The standard InChI is InChI=1S/C19H26N4O/c1-15-11-17-13-20-14-23(17)18(12-15)22-9-5-19(6-10-22)3-7-21(8-4-19)16(2)24/h11-14H,3-10H2,1-2H3. The lowest BCUT2D eigenvalue weighted by atomic mass is 9.71. The monoisotopic (exact) mass is 326 g/mol. The van der Waals surface area contributed by atoms with E-state index >= 15 is 0 Å². The minimum Gasteiger partial charge on any atom is -0.358 e. The van der Waals surface area contributed by atoms with Crippen LogP contribution in [0.4, 0.5) is 5.82 Å². The first-order valence-electron chi connectivity index (χ1n) is 9.00. The number of hydrogen-bond donors (Lipinski definition) is 0. The largest absolute Gasteiger partial charge is 0.358 e. The van der Waals surface area contributed by atoms with Crippen molar-refractivity contribution in [3.05, 3.63) is 30.2 Å². The number of imidazole rings is 1. The van der Waals surface area contributed by atoms with Crippen molar-refractivity contribution < 1.29 is 4.79 Å². The molecule has 0 atom stereocenters. The minimum absolute atomic E-state index is 0.226. The van der Waals surface area contributed by atoms with E-state index in [1.165, 1.54) is 29.7 Å². The third-order valence-corrected chi connectivity index (χ3v) is 6.06. The molecule has 5 nitrogen and oxygen atoms in total. The molecule has 24 heavy (non-hydrogen) atoms. The molecule has 0 bridgehead atoms. The van der Waals surface area contributed by atoms with Crippen molar-refractivity contribution in [2.45, 2.75) is 39.5 Å². The first-order valence-corrected chi connectivity index (χ1v) is 9.00. The molecule has 2 aliphatic rings. The number of hydrogen-bond acceptors (Lipinski definition) is 3. The first-order chi connectivity index (χ1) is 11.6. The smallest absolute Gasteiger partial charge is 0.219 e. The van der Waals surface area contributed by atoms with Gasteiger partial charge in [0.25, 0.3) is 0 Å². The maximum atomic E-state index is 11.5. The summed E-state index contributed by atoms with van der Waals surface area (Å²) in [6.07, 6.45) is 8.62. The zero-order chi connectivity index (χ0) is 16.7. The number of aromatic nitrogens is 2. The third-order valence-electron chi connectivity index (χ3n) is 6.06. The van der Waals surface area contributed by atoms with Gasteiger partial charge in [0.1, 0.15) is 12.1 Å². The number of likely N-dealkylation sites (tertiary alicyclic amines) is 1. The third kappa shape index (κ3) is 2.66. The molecule has 0 N–H and O–H groups in total. The Bertz CT molecular complexity index is 748. The number of aryl methyl sites for hydroxylation is 1. The number of piperidine rings is 2. The lowest BCUT2D eigenvalue weighted by Crippen LogP contribution is -2.48. The van der Waals surface area contributed by atoms with E-state index in [0.717, 1.165) is 39.0 Å². The highest BCUT2D eigenvalue weighted by atomic mass is 16.2. The summed E-state index contributed by atoms with van der Waals surface area (Å²) in [5, 5.41) is 0. The molecule has 0 aliphatic carbocycles. The van der Waals surface area contributed by atoms with Gasteiger partial charge in [-0.15, -0.1) is 0 Å². The number of rotatable bonds is 1. The summed E-state index contributed by atoms with van der Waals surface area (Å²) < 4.78 is 2.20. The SMILES string of the molecule is CC(=O)N1CCC2(CC1)CCN(c1cc(C)cc3cncn13)CC2. The molecule has 5 heteroatoms. The zero-order valence-electron chi connectivity index (χ0n) is 14.7. The summed E-state index contributed by atoms with van der Waals surface area (Å²) in [5.74, 6) is 1.49. The maximum absolute atomic E-state index is 11.5. The Balaban J connectivity index is 1.48. The van der Waals surface area contributed by atoms with Crippen molar-refractivity contribution in [3.8, 4) is 0 Å². The average molecular weight is 326 g/mol. The fourth-order valence-electron chi connectivity index (χ4n) is 4.40. The molecule has 128 valence electrons. The van der Waals surface area contributed by atoms with Crippen LogP contribution in [0.3, 0.4) is 0 Å². The Kier molecular flexibility index (Phi) is 3.74. The molecule has 2 aliphatic heterocycles. The highest BCUT2D eigenvalue weighted by Crippen LogP contribution is 2.42. The summed E-state index contributed by atoms with van der Waals surface area (Å²) >= 11 is 0. The second-order valence-electron chi connectivity index (χ2n) is 7.57. The van der Waals surface area contributed by atoms with Crippen LogP contribution in [0.2, 0.25) is 0 Å². The van der Waals surface area contributed by atoms with Crippen LogP contribution in [-0.2, 0) is 4.79 Å². The molecule has 0 radical (unpaired) electrons. The highest BCUT2D eigenvalue weighted by Gasteiger charge is 2.38. The second kappa shape index (κ2) is 5.80. The molecule has 4 heterocycles. The molecular formula is C19H26N4O. The van der Waals surface area contributed by atoms with E-state index in [4.69, 9.17) is 0 Å². The Labute approximate surface area is 143 Å². The molecule has 2 aromatic heterocycles. The summed E-state index contributed by atoms with van der Waals surface area (Å²) in [5.41, 5.74) is 2.90. The first kappa shape index (κ1) is 15.5. The molecule has 0 saturated carbocycles. The lowest BCUT2D eigenvalue weighted by molar-refractivity contribution is -0.131. The van der Waals surface area contributed by atoms with Crippen LogP contribution in [0.25, 0.3) is 5.52 Å². The van der Waals surface area contributed by atoms with Gasteiger partial charge in [-0.1, -0.05) is 0 Å². The molecule has 2 fully saturated rings. The van der Waals surface area contributed by atoms with E-state index in [1.807, 2.05) is 17.4 Å². The Morgan fingerprint density at radius 3 is 2.42 bits per heavy atom. The molecule has 2 aromatic rings. The van der Waals surface area contributed by atoms with E-state index in [-0.39, 0.29) is 5.91 Å². The molecule has 1 amide bonds. The summed E-state index contributed by atoms with van der Waals surface area (Å²) in [6.45, 7) is 7.90. The Morgan fingerprint density at radius 2 is 1.75 bits per heavy atom. The van der Waals surface area contributed by atoms with Crippen LogP contribution in [0.1, 0.15) is 38.2 Å². The van der Waals surface area contributed by atoms with Gasteiger partial charge >= 0.3 is 0 Å². The van der Waals surface area contributed by atoms with E-state index in [2.05, 4.69) is 33.3 Å². The summed E-state index contributed by atoms with van der Waals surface area (Å²) in [7, 11) is 0. The van der Waals surface area contributed by atoms with Gasteiger partial charge in [-0.05, 0) is 55.7 Å². The highest BCUT2D eigenvalue weighted by molar-refractivity contribution is 5.73. The van der Waals surface area contributed by atoms with Crippen LogP contribution in [0.15, 0.2) is 24.7 Å². The Morgan fingerprint density at radius 1 is 1.08 bits per heavy atom. The molecule has 0 aromatic carbocycles. The number of carbonyl (C=O) groups excluding carboxylic acids is 1. The minimum atomic E-state index is 0.226. The van der Waals surface area contributed by atoms with Crippen molar-refractivity contribution in [1.82, 2.24) is 14.3 Å². The van der Waals surface area contributed by atoms with Crippen LogP contribution in [0, 0.1) is 12.3 Å². The van der Waals surface area contributed by atoms with E-state index in [9.17, 15) is 4.79 Å². The second-order valence-corrected chi connectivity index (χ2v) is 7.57. The zero-order valence-corrected chi connectivity index (χ0v) is 14.7. The molecule has 0 unspecified atom stereocenters. The van der Waals surface area contributed by atoms with Gasteiger partial charge in [-0.25, -0.2) is 4.98 Å². The van der Waals surface area contributed by atoms with Crippen LogP contribution < -0.4 is 4.90 Å². The fraction of sp³-hybridized carbons (Fsp3) is 0.579. The summed E-state index contributed by atoms with van der Waals surface area (Å²) in [6, 6.07) is 4.45. The number of pyridine rings is 1. The van der Waals surface area contributed by atoms with Crippen LogP contribution >= 0.6 is 0 Å². The lowest BCUT2D eigenvalue weighted by Gasteiger charge is -2.47. The van der Waals surface area contributed by atoms with E-state index < -0.39 is 0 Å². The van der Waals surface area contributed by atoms with Crippen LogP contribution in [-0.4, -0.2) is 46.4 Å². The van der Waals surface area contributed by atoms with Gasteiger partial charge in [-0.3, -0.25) is 9.20 Å². The van der Waals surface area contributed by atoms with Gasteiger partial charge in [-0.2, -0.15) is 0 Å². The van der Waals surface area contributed by atoms with Gasteiger partial charge < -0.3 is 9.80 Å². The average Bonchev–Trinajstić information content (AvgIpc) is 3.03. The Hall–Kier alpha value is -2.04. The van der Waals surface area contributed by atoms with Crippen molar-refractivity contribution in [2.75, 3.05) is 31.1 Å². The van der Waals surface area contributed by atoms with E-state index in [0.29, 0.717) is 5.41 Å². The number of nitrogens with zero attached hydrogens (tertiary/aromatic N) is 4. The van der Waals surface area contributed by atoms with Crippen molar-refractivity contribution in [1.29, 1.82) is 0 Å². The number of amides is 1. The number of carbonyl (C=O) groups is 1. The van der Waals surface area contributed by atoms with Crippen molar-refractivity contribution in [2.24, 2.45) is 5.41 Å². The summed E-state index contributed by atoms with van der Waals surface area (Å²) in [4.78, 5) is 20.4.